The normalized spacial score (nSPS) is 20.8. The summed E-state index contributed by atoms with van der Waals surface area (Å²) in [6, 6.07) is 5.89. The van der Waals surface area contributed by atoms with Crippen molar-refractivity contribution in [2.75, 3.05) is 13.1 Å². The lowest BCUT2D eigenvalue weighted by Crippen LogP contribution is -2.52. The predicted octanol–water partition coefficient (Wildman–Crippen LogP) is 2.10. The van der Waals surface area contributed by atoms with E-state index in [0.29, 0.717) is 12.1 Å². The SMILES string of the molecule is CC1(C)CCCNC1CNC(=O)c1ccc([N+](=O)[O-])cc1. The van der Waals surface area contributed by atoms with Gasteiger partial charge in [-0.25, -0.2) is 0 Å². The number of nitrogens with one attached hydrogen (secondary N) is 2. The van der Waals surface area contributed by atoms with E-state index in [4.69, 9.17) is 0 Å². The highest BCUT2D eigenvalue weighted by Gasteiger charge is 2.31. The zero-order valence-electron chi connectivity index (χ0n) is 12.4. The van der Waals surface area contributed by atoms with Crippen LogP contribution < -0.4 is 10.6 Å². The fourth-order valence-corrected chi connectivity index (χ4v) is 2.65. The van der Waals surface area contributed by atoms with E-state index in [1.807, 2.05) is 0 Å². The molecular weight excluding hydrogens is 270 g/mol. The minimum absolute atomic E-state index is 0.0124. The molecule has 1 fully saturated rings. The molecule has 0 aromatic heterocycles. The first-order valence-corrected chi connectivity index (χ1v) is 7.16. The van der Waals surface area contributed by atoms with Gasteiger partial charge < -0.3 is 10.6 Å². The van der Waals surface area contributed by atoms with Crippen molar-refractivity contribution in [3.8, 4) is 0 Å². The van der Waals surface area contributed by atoms with Gasteiger partial charge in [-0.1, -0.05) is 13.8 Å². The average molecular weight is 291 g/mol. The van der Waals surface area contributed by atoms with Crippen molar-refractivity contribution >= 4 is 11.6 Å². The van der Waals surface area contributed by atoms with Crippen molar-refractivity contribution in [1.29, 1.82) is 0 Å². The zero-order valence-corrected chi connectivity index (χ0v) is 12.4. The van der Waals surface area contributed by atoms with Crippen molar-refractivity contribution < 1.29 is 9.72 Å². The molecular formula is C15H21N3O3. The molecule has 6 heteroatoms. The Hall–Kier alpha value is -1.95. The first-order chi connectivity index (χ1) is 9.90. The number of hydrogen-bond acceptors (Lipinski definition) is 4. The first-order valence-electron chi connectivity index (χ1n) is 7.16. The number of hydrogen-bond donors (Lipinski definition) is 2. The van der Waals surface area contributed by atoms with Gasteiger partial charge in [0.25, 0.3) is 11.6 Å². The van der Waals surface area contributed by atoms with Crippen molar-refractivity contribution in [1.82, 2.24) is 10.6 Å². The molecule has 114 valence electrons. The van der Waals surface area contributed by atoms with Gasteiger partial charge in [-0.05, 0) is 36.9 Å². The third-order valence-electron chi connectivity index (χ3n) is 4.14. The second-order valence-electron chi connectivity index (χ2n) is 6.11. The molecule has 0 aliphatic carbocycles. The molecule has 1 unspecified atom stereocenters. The number of nitro groups is 1. The van der Waals surface area contributed by atoms with Crippen LogP contribution in [0.3, 0.4) is 0 Å². The van der Waals surface area contributed by atoms with Gasteiger partial charge in [-0.15, -0.1) is 0 Å². The summed E-state index contributed by atoms with van der Waals surface area (Å²) in [6.45, 7) is 5.92. The maximum absolute atomic E-state index is 12.1. The molecule has 1 aromatic rings. The largest absolute Gasteiger partial charge is 0.350 e. The van der Waals surface area contributed by atoms with Crippen LogP contribution in [-0.2, 0) is 0 Å². The van der Waals surface area contributed by atoms with Crippen molar-refractivity contribution in [3.05, 3.63) is 39.9 Å². The Morgan fingerprint density at radius 1 is 1.43 bits per heavy atom. The Morgan fingerprint density at radius 2 is 2.10 bits per heavy atom. The van der Waals surface area contributed by atoms with Gasteiger partial charge in [0.1, 0.15) is 0 Å². The van der Waals surface area contributed by atoms with Crippen LogP contribution in [0.15, 0.2) is 24.3 Å². The maximum Gasteiger partial charge on any atom is 0.269 e. The van der Waals surface area contributed by atoms with E-state index in [9.17, 15) is 14.9 Å². The summed E-state index contributed by atoms with van der Waals surface area (Å²) in [5.41, 5.74) is 0.580. The number of non-ortho nitro benzene ring substituents is 1. The first kappa shape index (κ1) is 15.4. The van der Waals surface area contributed by atoms with Crippen LogP contribution in [-0.4, -0.2) is 30.0 Å². The standard InChI is InChI=1S/C15H21N3O3/c1-15(2)8-3-9-16-13(15)10-17-14(19)11-4-6-12(7-5-11)18(20)21/h4-7,13,16H,3,8-10H2,1-2H3,(H,17,19). The Labute approximate surface area is 124 Å². The molecule has 21 heavy (non-hydrogen) atoms. The van der Waals surface area contributed by atoms with Gasteiger partial charge in [-0.2, -0.15) is 0 Å². The molecule has 1 amide bonds. The third kappa shape index (κ3) is 3.78. The summed E-state index contributed by atoms with van der Waals surface area (Å²) in [4.78, 5) is 22.2. The molecule has 6 nitrogen and oxygen atoms in total. The second-order valence-corrected chi connectivity index (χ2v) is 6.11. The molecule has 1 aliphatic heterocycles. The van der Waals surface area contributed by atoms with Crippen LogP contribution in [0.25, 0.3) is 0 Å². The van der Waals surface area contributed by atoms with Crippen LogP contribution >= 0.6 is 0 Å². The fourth-order valence-electron chi connectivity index (χ4n) is 2.65. The highest BCUT2D eigenvalue weighted by Crippen LogP contribution is 2.29. The highest BCUT2D eigenvalue weighted by atomic mass is 16.6. The Bertz CT molecular complexity index is 525. The molecule has 1 atom stereocenters. The smallest absolute Gasteiger partial charge is 0.269 e. The number of piperidine rings is 1. The summed E-state index contributed by atoms with van der Waals surface area (Å²) in [7, 11) is 0. The van der Waals surface area contributed by atoms with Crippen LogP contribution in [0.4, 0.5) is 5.69 Å². The van der Waals surface area contributed by atoms with E-state index in [-0.39, 0.29) is 23.1 Å². The molecule has 0 spiro atoms. The number of nitro benzene ring substituents is 1. The summed E-state index contributed by atoms with van der Waals surface area (Å²) in [6.07, 6.45) is 2.29. The van der Waals surface area contributed by atoms with Crippen LogP contribution in [0.2, 0.25) is 0 Å². The Morgan fingerprint density at radius 3 is 2.67 bits per heavy atom. The third-order valence-corrected chi connectivity index (χ3v) is 4.14. The minimum Gasteiger partial charge on any atom is -0.350 e. The molecule has 1 aliphatic rings. The van der Waals surface area contributed by atoms with Crippen LogP contribution in [0.5, 0.6) is 0 Å². The monoisotopic (exact) mass is 291 g/mol. The quantitative estimate of drug-likeness (QED) is 0.657. The van der Waals surface area contributed by atoms with Crippen molar-refractivity contribution in [3.63, 3.8) is 0 Å². The van der Waals surface area contributed by atoms with Crippen molar-refractivity contribution in [2.24, 2.45) is 5.41 Å². The minimum atomic E-state index is -0.476. The van der Waals surface area contributed by atoms with Crippen LogP contribution in [0, 0.1) is 15.5 Å². The topological polar surface area (TPSA) is 84.3 Å². The number of rotatable bonds is 4. The highest BCUT2D eigenvalue weighted by molar-refractivity contribution is 5.94. The summed E-state index contributed by atoms with van der Waals surface area (Å²) >= 11 is 0. The van der Waals surface area contributed by atoms with Crippen molar-refractivity contribution in [2.45, 2.75) is 32.7 Å². The van der Waals surface area contributed by atoms with Crippen LogP contribution in [0.1, 0.15) is 37.0 Å². The van der Waals surface area contributed by atoms with Gasteiger partial charge in [0.2, 0.25) is 0 Å². The number of nitrogens with zero attached hydrogens (tertiary/aromatic N) is 1. The Balaban J connectivity index is 1.93. The van der Waals surface area contributed by atoms with E-state index >= 15 is 0 Å². The van der Waals surface area contributed by atoms with Gasteiger partial charge in [0.15, 0.2) is 0 Å². The number of carbonyl (C=O) groups is 1. The molecule has 2 rings (SSSR count). The van der Waals surface area contributed by atoms with E-state index in [1.165, 1.54) is 24.3 Å². The van der Waals surface area contributed by atoms with E-state index in [0.717, 1.165) is 19.4 Å². The van der Waals surface area contributed by atoms with Gasteiger partial charge >= 0.3 is 0 Å². The summed E-state index contributed by atoms with van der Waals surface area (Å²) < 4.78 is 0. The second kappa shape index (κ2) is 6.22. The maximum atomic E-state index is 12.1. The lowest BCUT2D eigenvalue weighted by molar-refractivity contribution is -0.384. The molecule has 2 N–H and O–H groups in total. The van der Waals surface area contributed by atoms with Gasteiger partial charge in [-0.3, -0.25) is 14.9 Å². The lowest BCUT2D eigenvalue weighted by atomic mass is 9.77. The number of carbonyl (C=O) groups excluding carboxylic acids is 1. The van der Waals surface area contributed by atoms with E-state index in [1.54, 1.807) is 0 Å². The number of benzene rings is 1. The molecule has 0 bridgehead atoms. The molecule has 1 saturated heterocycles. The molecule has 0 radical (unpaired) electrons. The summed E-state index contributed by atoms with van der Waals surface area (Å²) in [5.74, 6) is -0.201. The van der Waals surface area contributed by atoms with E-state index < -0.39 is 4.92 Å². The average Bonchev–Trinajstić information content (AvgIpc) is 2.45. The lowest BCUT2D eigenvalue weighted by Gasteiger charge is -2.39. The molecule has 0 saturated carbocycles. The number of amides is 1. The fraction of sp³-hybridized carbons (Fsp3) is 0.533. The Kier molecular flexibility index (Phi) is 4.57. The molecule has 1 aromatic carbocycles. The van der Waals surface area contributed by atoms with Gasteiger partial charge in [0.05, 0.1) is 4.92 Å². The summed E-state index contributed by atoms with van der Waals surface area (Å²) in [5, 5.41) is 16.9. The zero-order chi connectivity index (χ0) is 15.5. The van der Waals surface area contributed by atoms with Gasteiger partial charge in [0, 0.05) is 30.3 Å². The predicted molar refractivity (Wildman–Crippen MR) is 80.2 cm³/mol. The van der Waals surface area contributed by atoms with E-state index in [2.05, 4.69) is 24.5 Å². The molecule has 1 heterocycles.